The Kier molecular flexibility index (Phi) is 7.49. The number of methoxy groups -OCH3 is 1. The van der Waals surface area contributed by atoms with Crippen LogP contribution in [0.3, 0.4) is 0 Å². The molecule has 0 aliphatic carbocycles. The van der Waals surface area contributed by atoms with Crippen LogP contribution >= 0.6 is 0 Å². The molecule has 1 atom stereocenters. The molecule has 1 rings (SSSR count). The van der Waals surface area contributed by atoms with Crippen molar-refractivity contribution in [3.05, 3.63) is 24.2 Å². The van der Waals surface area contributed by atoms with Crippen molar-refractivity contribution in [1.29, 1.82) is 0 Å². The number of rotatable bonds is 9. The number of amides is 2. The first-order valence-electron chi connectivity index (χ1n) is 6.77. The van der Waals surface area contributed by atoms with E-state index in [1.165, 1.54) is 18.3 Å². The number of likely N-dealkylation sites (N-methyl/N-ethyl adjacent to an activating group) is 1. The molecule has 118 valence electrons. The highest BCUT2D eigenvalue weighted by Gasteiger charge is 2.13. The summed E-state index contributed by atoms with van der Waals surface area (Å²) in [5.74, 6) is -0.130. The quantitative estimate of drug-likeness (QED) is 0.638. The Hall–Kier alpha value is -1.86. The lowest BCUT2D eigenvalue weighted by atomic mass is 10.2. The second kappa shape index (κ2) is 9.15. The van der Waals surface area contributed by atoms with Gasteiger partial charge in [-0.25, -0.2) is 0 Å². The van der Waals surface area contributed by atoms with Gasteiger partial charge in [0.2, 0.25) is 5.91 Å². The van der Waals surface area contributed by atoms with E-state index in [1.54, 1.807) is 19.2 Å². The molecule has 0 saturated heterocycles. The molecule has 1 aromatic rings. The molecule has 2 amide bonds. The molecule has 1 unspecified atom stereocenters. The number of furan rings is 1. The maximum Gasteiger partial charge on any atom is 0.286 e. The van der Waals surface area contributed by atoms with Crippen LogP contribution < -0.4 is 5.32 Å². The minimum absolute atomic E-state index is 0.0857. The van der Waals surface area contributed by atoms with Crippen molar-refractivity contribution in [3.8, 4) is 0 Å². The van der Waals surface area contributed by atoms with Crippen LogP contribution in [0.4, 0.5) is 0 Å². The van der Waals surface area contributed by atoms with Gasteiger partial charge >= 0.3 is 0 Å². The number of hydrogen-bond acceptors (Lipinski definition) is 5. The first-order chi connectivity index (χ1) is 10.0. The molecule has 0 aliphatic rings. The van der Waals surface area contributed by atoms with Gasteiger partial charge in [0.25, 0.3) is 5.91 Å². The van der Waals surface area contributed by atoms with Crippen molar-refractivity contribution in [2.75, 3.05) is 33.9 Å². The summed E-state index contributed by atoms with van der Waals surface area (Å²) in [6.07, 6.45) is 1.56. The number of carbonyl (C=O) groups excluding carboxylic acids is 2. The third-order valence-electron chi connectivity index (χ3n) is 2.87. The van der Waals surface area contributed by atoms with E-state index in [0.717, 1.165) is 0 Å². The van der Waals surface area contributed by atoms with Gasteiger partial charge in [-0.3, -0.25) is 9.59 Å². The highest BCUT2D eigenvalue weighted by atomic mass is 16.5. The number of hydrogen-bond donors (Lipinski definition) is 2. The van der Waals surface area contributed by atoms with Crippen molar-refractivity contribution in [3.63, 3.8) is 0 Å². The Morgan fingerprint density at radius 1 is 1.52 bits per heavy atom. The van der Waals surface area contributed by atoms with Crippen LogP contribution in [0.5, 0.6) is 0 Å². The van der Waals surface area contributed by atoms with Crippen LogP contribution in [-0.4, -0.2) is 61.8 Å². The topological polar surface area (TPSA) is 92.0 Å². The Balaban J connectivity index is 2.17. The molecule has 0 fully saturated rings. The van der Waals surface area contributed by atoms with E-state index in [2.05, 4.69) is 5.32 Å². The lowest BCUT2D eigenvalue weighted by molar-refractivity contribution is -0.131. The number of aliphatic hydroxyl groups is 1. The van der Waals surface area contributed by atoms with Crippen LogP contribution in [0.1, 0.15) is 23.4 Å². The van der Waals surface area contributed by atoms with E-state index in [1.807, 2.05) is 0 Å². The maximum absolute atomic E-state index is 11.8. The van der Waals surface area contributed by atoms with E-state index in [9.17, 15) is 14.7 Å². The molecule has 1 aromatic heterocycles. The Morgan fingerprint density at radius 2 is 2.29 bits per heavy atom. The molecule has 0 spiro atoms. The SMILES string of the molecule is COCC(O)CN(C)C(=O)CCCNC(=O)c1ccco1. The standard InChI is InChI=1S/C14H22N2O5/c1-16(9-11(17)10-20-2)13(18)6-3-7-15-14(19)12-5-4-8-21-12/h4-5,8,11,17H,3,6-7,9-10H2,1-2H3,(H,15,19). The van der Waals surface area contributed by atoms with Gasteiger partial charge in [0.05, 0.1) is 19.0 Å². The summed E-state index contributed by atoms with van der Waals surface area (Å²) in [6, 6.07) is 3.21. The molecule has 7 nitrogen and oxygen atoms in total. The fourth-order valence-corrected chi connectivity index (χ4v) is 1.79. The Labute approximate surface area is 123 Å². The van der Waals surface area contributed by atoms with Crippen molar-refractivity contribution < 1.29 is 23.8 Å². The molecule has 0 aliphatic heterocycles. The van der Waals surface area contributed by atoms with Crippen LogP contribution in [0.2, 0.25) is 0 Å². The van der Waals surface area contributed by atoms with Gasteiger partial charge in [-0.1, -0.05) is 0 Å². The maximum atomic E-state index is 11.8. The number of ether oxygens (including phenoxy) is 1. The number of carbonyl (C=O) groups is 2. The second-order valence-electron chi connectivity index (χ2n) is 4.72. The smallest absolute Gasteiger partial charge is 0.286 e. The first-order valence-corrected chi connectivity index (χ1v) is 6.77. The average Bonchev–Trinajstić information content (AvgIpc) is 2.97. The van der Waals surface area contributed by atoms with Crippen LogP contribution in [0, 0.1) is 0 Å². The molecule has 0 aromatic carbocycles. The van der Waals surface area contributed by atoms with E-state index in [0.29, 0.717) is 19.4 Å². The summed E-state index contributed by atoms with van der Waals surface area (Å²) in [7, 11) is 3.12. The van der Waals surface area contributed by atoms with Crippen LogP contribution in [0.15, 0.2) is 22.8 Å². The molecule has 21 heavy (non-hydrogen) atoms. The summed E-state index contributed by atoms with van der Waals surface area (Å²) in [4.78, 5) is 24.8. The molecular formula is C14H22N2O5. The lowest BCUT2D eigenvalue weighted by Crippen LogP contribution is -2.36. The Bertz CT molecular complexity index is 433. The molecule has 0 saturated carbocycles. The molecular weight excluding hydrogens is 276 g/mol. The van der Waals surface area contributed by atoms with E-state index in [-0.39, 0.29) is 30.7 Å². The van der Waals surface area contributed by atoms with Gasteiger partial charge in [0.1, 0.15) is 0 Å². The highest BCUT2D eigenvalue weighted by molar-refractivity contribution is 5.91. The predicted molar refractivity (Wildman–Crippen MR) is 75.8 cm³/mol. The monoisotopic (exact) mass is 298 g/mol. The fraction of sp³-hybridized carbons (Fsp3) is 0.571. The largest absolute Gasteiger partial charge is 0.459 e. The average molecular weight is 298 g/mol. The molecule has 7 heteroatoms. The van der Waals surface area contributed by atoms with E-state index in [4.69, 9.17) is 9.15 Å². The number of aliphatic hydroxyl groups excluding tert-OH is 1. The third kappa shape index (κ3) is 6.42. The summed E-state index contributed by atoms with van der Waals surface area (Å²) in [5.41, 5.74) is 0. The minimum atomic E-state index is -0.692. The highest BCUT2D eigenvalue weighted by Crippen LogP contribution is 2.00. The normalized spacial score (nSPS) is 12.0. The van der Waals surface area contributed by atoms with Gasteiger partial charge in [0, 0.05) is 33.7 Å². The molecule has 0 bridgehead atoms. The minimum Gasteiger partial charge on any atom is -0.459 e. The first kappa shape index (κ1) is 17.2. The zero-order chi connectivity index (χ0) is 15.7. The van der Waals surface area contributed by atoms with E-state index < -0.39 is 6.10 Å². The summed E-state index contributed by atoms with van der Waals surface area (Å²) in [5, 5.41) is 12.2. The third-order valence-corrected chi connectivity index (χ3v) is 2.87. The molecule has 1 heterocycles. The molecule has 2 N–H and O–H groups in total. The zero-order valence-electron chi connectivity index (χ0n) is 12.4. The summed E-state index contributed by atoms with van der Waals surface area (Å²) in [6.45, 7) is 0.808. The van der Waals surface area contributed by atoms with Gasteiger partial charge < -0.3 is 24.5 Å². The number of nitrogens with one attached hydrogen (secondary N) is 1. The van der Waals surface area contributed by atoms with E-state index >= 15 is 0 Å². The van der Waals surface area contributed by atoms with Gasteiger partial charge in [0.15, 0.2) is 5.76 Å². The van der Waals surface area contributed by atoms with Crippen LogP contribution in [0.25, 0.3) is 0 Å². The summed E-state index contributed by atoms with van der Waals surface area (Å²) < 4.78 is 9.75. The zero-order valence-corrected chi connectivity index (χ0v) is 12.4. The van der Waals surface area contributed by atoms with Crippen molar-refractivity contribution in [2.45, 2.75) is 18.9 Å². The second-order valence-corrected chi connectivity index (χ2v) is 4.72. The van der Waals surface area contributed by atoms with Gasteiger partial charge in [-0.15, -0.1) is 0 Å². The van der Waals surface area contributed by atoms with Crippen molar-refractivity contribution in [1.82, 2.24) is 10.2 Å². The fourth-order valence-electron chi connectivity index (χ4n) is 1.79. The summed E-state index contributed by atoms with van der Waals surface area (Å²) >= 11 is 0. The Morgan fingerprint density at radius 3 is 2.90 bits per heavy atom. The van der Waals surface area contributed by atoms with Crippen molar-refractivity contribution >= 4 is 11.8 Å². The van der Waals surface area contributed by atoms with Gasteiger partial charge in [-0.2, -0.15) is 0 Å². The lowest BCUT2D eigenvalue weighted by Gasteiger charge is -2.20. The van der Waals surface area contributed by atoms with Crippen molar-refractivity contribution in [2.24, 2.45) is 0 Å². The number of nitrogens with zero attached hydrogens (tertiary/aromatic N) is 1. The van der Waals surface area contributed by atoms with Gasteiger partial charge in [-0.05, 0) is 18.6 Å². The molecule has 0 radical (unpaired) electrons. The van der Waals surface area contributed by atoms with Crippen LogP contribution in [-0.2, 0) is 9.53 Å². The predicted octanol–water partition coefficient (Wildman–Crippen LogP) is 0.255.